The highest BCUT2D eigenvalue weighted by Gasteiger charge is 2.16. The normalized spacial score (nSPS) is 17.2. The lowest BCUT2D eigenvalue weighted by Gasteiger charge is -2.08. The van der Waals surface area contributed by atoms with E-state index in [4.69, 9.17) is 4.74 Å². The number of amides is 1. The molecule has 1 aliphatic rings. The third-order valence-corrected chi connectivity index (χ3v) is 3.96. The maximum Gasteiger partial charge on any atom is 0.224 e. The summed E-state index contributed by atoms with van der Waals surface area (Å²) in [6, 6.07) is 3.24. The van der Waals surface area contributed by atoms with E-state index in [1.807, 2.05) is 0 Å². The van der Waals surface area contributed by atoms with Crippen LogP contribution >= 0.6 is 0 Å². The summed E-state index contributed by atoms with van der Waals surface area (Å²) < 4.78 is 33.9. The summed E-state index contributed by atoms with van der Waals surface area (Å²) in [6.45, 7) is 1.44. The number of aromatic nitrogens is 2. The summed E-state index contributed by atoms with van der Waals surface area (Å²) in [5.41, 5.74) is 0.775. The van der Waals surface area contributed by atoms with E-state index in [1.165, 1.54) is 0 Å². The van der Waals surface area contributed by atoms with Gasteiger partial charge in [0.1, 0.15) is 11.6 Å². The van der Waals surface area contributed by atoms with Crippen molar-refractivity contribution in [2.45, 2.75) is 38.3 Å². The maximum absolute atomic E-state index is 13.5. The van der Waals surface area contributed by atoms with Gasteiger partial charge in [-0.2, -0.15) is 5.10 Å². The molecule has 0 aliphatic carbocycles. The molecular weight excluding hydrogens is 316 g/mol. The molecule has 0 bridgehead atoms. The van der Waals surface area contributed by atoms with Crippen LogP contribution in [0.4, 0.5) is 14.5 Å². The largest absolute Gasteiger partial charge is 0.376 e. The molecule has 2 heterocycles. The molecule has 0 radical (unpaired) electrons. The molecule has 0 unspecified atom stereocenters. The van der Waals surface area contributed by atoms with Gasteiger partial charge in [0, 0.05) is 19.2 Å². The molecule has 1 aliphatic heterocycles. The third kappa shape index (κ3) is 4.38. The summed E-state index contributed by atoms with van der Waals surface area (Å²) >= 11 is 0. The SMILES string of the molecule is O=C(CCc1cc(F)ccc1F)Nc1cnn(C[C@H]2CCCO2)c1. The standard InChI is InChI=1S/C17H19F2N3O2/c18-13-4-5-16(19)12(8-13)3-6-17(23)21-14-9-20-22(10-14)11-15-2-1-7-24-15/h4-5,8-10,15H,1-3,6-7,11H2,(H,21,23)/t15-/m1/s1. The summed E-state index contributed by atoms with van der Waals surface area (Å²) in [5.74, 6) is -1.29. The molecule has 1 N–H and O–H groups in total. The van der Waals surface area contributed by atoms with Gasteiger partial charge in [0.2, 0.25) is 5.91 Å². The van der Waals surface area contributed by atoms with E-state index in [0.29, 0.717) is 12.2 Å². The van der Waals surface area contributed by atoms with Crippen molar-refractivity contribution in [2.24, 2.45) is 0 Å². The quantitative estimate of drug-likeness (QED) is 0.883. The first-order valence-corrected chi connectivity index (χ1v) is 7.98. The molecule has 1 amide bonds. The van der Waals surface area contributed by atoms with Crippen LogP contribution in [0.1, 0.15) is 24.8 Å². The van der Waals surface area contributed by atoms with Gasteiger partial charge in [-0.3, -0.25) is 9.48 Å². The Morgan fingerprint density at radius 3 is 3.08 bits per heavy atom. The van der Waals surface area contributed by atoms with E-state index in [2.05, 4.69) is 10.4 Å². The zero-order valence-corrected chi connectivity index (χ0v) is 13.2. The molecule has 1 aromatic heterocycles. The van der Waals surface area contributed by atoms with E-state index >= 15 is 0 Å². The molecule has 5 nitrogen and oxygen atoms in total. The number of aryl methyl sites for hydroxylation is 1. The first-order valence-electron chi connectivity index (χ1n) is 7.98. The minimum atomic E-state index is -0.512. The topological polar surface area (TPSA) is 56.2 Å². The monoisotopic (exact) mass is 335 g/mol. The number of halogens is 2. The molecule has 0 saturated carbocycles. The summed E-state index contributed by atoms with van der Waals surface area (Å²) in [6.07, 6.45) is 5.76. The number of hydrogen-bond acceptors (Lipinski definition) is 3. The van der Waals surface area contributed by atoms with Crippen molar-refractivity contribution in [3.8, 4) is 0 Å². The second-order valence-corrected chi connectivity index (χ2v) is 5.87. The molecular formula is C17H19F2N3O2. The van der Waals surface area contributed by atoms with Gasteiger partial charge < -0.3 is 10.1 Å². The Morgan fingerprint density at radius 2 is 2.29 bits per heavy atom. The first-order chi connectivity index (χ1) is 11.6. The molecule has 1 aromatic carbocycles. The van der Waals surface area contributed by atoms with Crippen LogP contribution in [-0.4, -0.2) is 28.4 Å². The van der Waals surface area contributed by atoms with Crippen molar-refractivity contribution in [1.82, 2.24) is 9.78 Å². The van der Waals surface area contributed by atoms with Gasteiger partial charge in [0.15, 0.2) is 0 Å². The lowest BCUT2D eigenvalue weighted by Crippen LogP contribution is -2.15. The summed E-state index contributed by atoms with van der Waals surface area (Å²) in [7, 11) is 0. The van der Waals surface area contributed by atoms with Crippen molar-refractivity contribution in [2.75, 3.05) is 11.9 Å². The average Bonchev–Trinajstić information content (AvgIpc) is 3.21. The van der Waals surface area contributed by atoms with Crippen molar-refractivity contribution in [1.29, 1.82) is 0 Å². The molecule has 7 heteroatoms. The van der Waals surface area contributed by atoms with Gasteiger partial charge in [-0.1, -0.05) is 0 Å². The lowest BCUT2D eigenvalue weighted by molar-refractivity contribution is -0.116. The van der Waals surface area contributed by atoms with Gasteiger partial charge >= 0.3 is 0 Å². The summed E-state index contributed by atoms with van der Waals surface area (Å²) in [5, 5.41) is 6.90. The Balaban J connectivity index is 1.49. The number of rotatable bonds is 6. The van der Waals surface area contributed by atoms with Gasteiger partial charge in [-0.15, -0.1) is 0 Å². The van der Waals surface area contributed by atoms with E-state index in [0.717, 1.165) is 37.6 Å². The highest BCUT2D eigenvalue weighted by atomic mass is 19.1. The van der Waals surface area contributed by atoms with E-state index < -0.39 is 11.6 Å². The number of carbonyl (C=O) groups is 1. The van der Waals surface area contributed by atoms with Gasteiger partial charge in [-0.25, -0.2) is 8.78 Å². The molecule has 3 rings (SSSR count). The molecule has 0 spiro atoms. The Morgan fingerprint density at radius 1 is 1.42 bits per heavy atom. The average molecular weight is 335 g/mol. The van der Waals surface area contributed by atoms with E-state index in [9.17, 15) is 13.6 Å². The van der Waals surface area contributed by atoms with Crippen LogP contribution in [0.25, 0.3) is 0 Å². The Hall–Kier alpha value is -2.28. The number of nitrogens with zero attached hydrogens (tertiary/aromatic N) is 2. The van der Waals surface area contributed by atoms with Crippen LogP contribution in [-0.2, 0) is 22.5 Å². The van der Waals surface area contributed by atoms with Crippen LogP contribution in [0.15, 0.2) is 30.6 Å². The number of hydrogen-bond donors (Lipinski definition) is 1. The first kappa shape index (κ1) is 16.6. The fourth-order valence-electron chi connectivity index (χ4n) is 2.73. The van der Waals surface area contributed by atoms with Crippen LogP contribution in [0.5, 0.6) is 0 Å². The number of benzene rings is 1. The second-order valence-electron chi connectivity index (χ2n) is 5.87. The van der Waals surface area contributed by atoms with Crippen LogP contribution < -0.4 is 5.32 Å². The molecule has 1 saturated heterocycles. The Bertz CT molecular complexity index is 712. The van der Waals surface area contributed by atoms with Gasteiger partial charge in [-0.05, 0) is 43.0 Å². The van der Waals surface area contributed by atoms with Gasteiger partial charge in [0.05, 0.1) is 24.5 Å². The third-order valence-electron chi connectivity index (χ3n) is 3.96. The van der Waals surface area contributed by atoms with Crippen molar-refractivity contribution >= 4 is 11.6 Å². The zero-order chi connectivity index (χ0) is 16.9. The molecule has 1 fully saturated rings. The van der Waals surface area contributed by atoms with Crippen LogP contribution in [0.2, 0.25) is 0 Å². The van der Waals surface area contributed by atoms with Crippen LogP contribution in [0.3, 0.4) is 0 Å². The van der Waals surface area contributed by atoms with E-state index in [-0.39, 0.29) is 30.4 Å². The Labute approximate surface area is 138 Å². The molecule has 2 aromatic rings. The van der Waals surface area contributed by atoms with Crippen molar-refractivity contribution in [3.63, 3.8) is 0 Å². The summed E-state index contributed by atoms with van der Waals surface area (Å²) in [4.78, 5) is 11.9. The number of ether oxygens (including phenoxy) is 1. The highest BCUT2D eigenvalue weighted by Crippen LogP contribution is 2.16. The number of anilines is 1. The lowest BCUT2D eigenvalue weighted by atomic mass is 10.1. The molecule has 128 valence electrons. The minimum absolute atomic E-state index is 0.0668. The zero-order valence-electron chi connectivity index (χ0n) is 13.2. The fraction of sp³-hybridized carbons (Fsp3) is 0.412. The molecule has 1 atom stereocenters. The fourth-order valence-corrected chi connectivity index (χ4v) is 2.73. The number of nitrogens with one attached hydrogen (secondary N) is 1. The smallest absolute Gasteiger partial charge is 0.224 e. The number of carbonyl (C=O) groups excluding carboxylic acids is 1. The van der Waals surface area contributed by atoms with Crippen molar-refractivity contribution < 1.29 is 18.3 Å². The Kier molecular flexibility index (Phi) is 5.20. The van der Waals surface area contributed by atoms with E-state index in [1.54, 1.807) is 17.1 Å². The van der Waals surface area contributed by atoms with Gasteiger partial charge in [0.25, 0.3) is 0 Å². The maximum atomic E-state index is 13.5. The van der Waals surface area contributed by atoms with Crippen LogP contribution in [0, 0.1) is 11.6 Å². The highest BCUT2D eigenvalue weighted by molar-refractivity contribution is 5.90. The molecule has 24 heavy (non-hydrogen) atoms. The predicted octanol–water partition coefficient (Wildman–Crippen LogP) is 2.91. The minimum Gasteiger partial charge on any atom is -0.376 e. The second kappa shape index (κ2) is 7.53. The predicted molar refractivity (Wildman–Crippen MR) is 84.5 cm³/mol. The van der Waals surface area contributed by atoms with Crippen molar-refractivity contribution in [3.05, 3.63) is 47.8 Å².